The normalized spacial score (nSPS) is 12.5. The van der Waals surface area contributed by atoms with Gasteiger partial charge in [0.25, 0.3) is 0 Å². The van der Waals surface area contributed by atoms with Gasteiger partial charge in [-0.05, 0) is 81.0 Å². The first-order valence-corrected chi connectivity index (χ1v) is 20.3. The molecule has 3 heterocycles. The molecule has 1 fully saturated rings. The number of urea groups is 3. The molecule has 1 unspecified atom stereocenters. The number of rotatable bonds is 17. The molecular weight excluding hydrogens is 839 g/mol. The van der Waals surface area contributed by atoms with Crippen LogP contribution in [0.1, 0.15) is 56.7 Å². The van der Waals surface area contributed by atoms with Gasteiger partial charge < -0.3 is 72.3 Å². The van der Waals surface area contributed by atoms with Crippen molar-refractivity contribution in [1.82, 2.24) is 46.8 Å². The second-order valence-corrected chi connectivity index (χ2v) is 13.3. The summed E-state index contributed by atoms with van der Waals surface area (Å²) in [6, 6.07) is 9.58. The van der Waals surface area contributed by atoms with Crippen LogP contribution in [0, 0.1) is 0 Å². The molecule has 0 radical (unpaired) electrons. The Labute approximate surface area is 370 Å². The van der Waals surface area contributed by atoms with Gasteiger partial charge in [-0.15, -0.1) is 0 Å². The first-order valence-electron chi connectivity index (χ1n) is 20.3. The monoisotopic (exact) mass is 897 g/mol. The maximum Gasteiger partial charge on any atom is 0.328 e. The van der Waals surface area contributed by atoms with Crippen LogP contribution in [0.25, 0.3) is 0 Å². The van der Waals surface area contributed by atoms with Gasteiger partial charge in [-0.3, -0.25) is 14.4 Å². The fourth-order valence-electron chi connectivity index (χ4n) is 5.35. The molecule has 0 aliphatic carbocycles. The molecule has 0 saturated carbocycles. The first-order chi connectivity index (χ1) is 30.7. The van der Waals surface area contributed by atoms with Crippen molar-refractivity contribution in [3.05, 3.63) is 71.5 Å². The van der Waals surface area contributed by atoms with Crippen LogP contribution < -0.4 is 48.1 Å². The summed E-state index contributed by atoms with van der Waals surface area (Å²) < 4.78 is 19.3. The maximum atomic E-state index is 12.4. The number of carbonyl (C=O) groups excluding carboxylic acids is 7. The number of nitrogens with two attached hydrogens (primary N) is 2. The van der Waals surface area contributed by atoms with E-state index in [0.717, 1.165) is 29.5 Å². The number of hydrogen-bond donors (Lipinski definition) is 9. The Bertz CT molecular complexity index is 1950. The van der Waals surface area contributed by atoms with Crippen LogP contribution in [-0.2, 0) is 53.0 Å². The van der Waals surface area contributed by atoms with E-state index >= 15 is 0 Å². The Kier molecular flexibility index (Phi) is 24.3. The number of aromatic nitrogens is 2. The van der Waals surface area contributed by atoms with Crippen LogP contribution in [0.3, 0.4) is 0 Å². The number of phenols is 1. The van der Waals surface area contributed by atoms with Crippen LogP contribution in [0.15, 0.2) is 54.9 Å². The third kappa shape index (κ3) is 21.3. The maximum absolute atomic E-state index is 12.4. The average Bonchev–Trinajstić information content (AvgIpc) is 3.29. The molecule has 350 valence electrons. The molecular formula is C41H59N11O12. The Morgan fingerprint density at radius 2 is 1.12 bits per heavy atom. The summed E-state index contributed by atoms with van der Waals surface area (Å²) in [6.45, 7) is 6.75. The van der Waals surface area contributed by atoms with Gasteiger partial charge in [-0.1, -0.05) is 18.2 Å². The number of phenolic OH excluding ortho intramolecular Hbond substituents is 1. The van der Waals surface area contributed by atoms with Gasteiger partial charge in [0.15, 0.2) is 11.5 Å². The summed E-state index contributed by atoms with van der Waals surface area (Å²) in [5, 5.41) is 24.5. The number of nitrogens with zero attached hydrogens (tertiary/aromatic N) is 3. The second kappa shape index (κ2) is 29.6. The zero-order valence-corrected chi connectivity index (χ0v) is 36.4. The molecule has 64 heavy (non-hydrogen) atoms. The predicted molar refractivity (Wildman–Crippen MR) is 232 cm³/mol. The van der Waals surface area contributed by atoms with Gasteiger partial charge in [0, 0.05) is 38.6 Å². The zero-order chi connectivity index (χ0) is 47.3. The van der Waals surface area contributed by atoms with Gasteiger partial charge in [0.05, 0.1) is 33.5 Å². The number of carbonyl (C=O) groups is 7. The number of likely N-dealkylation sites (tertiary alicyclic amines) is 1. The minimum absolute atomic E-state index is 0.0306. The van der Waals surface area contributed by atoms with Gasteiger partial charge in [-0.2, -0.15) is 0 Å². The number of piperidine rings is 1. The number of nitrogen functional groups attached to an aromatic ring is 2. The van der Waals surface area contributed by atoms with Crippen LogP contribution in [0.4, 0.5) is 26.0 Å². The number of nitrogens with one attached hydrogen (secondary N) is 6. The fraction of sp³-hybridized carbons (Fsp3) is 0.439. The number of hydrogen-bond acceptors (Lipinski definition) is 16. The SMILES string of the molecule is CCOC(=O)C1CCCCN1C(=O)CNC(=O)NCc1ccc(N)nc1.CCOC(=O)CNC(=O)NCc1ccc(N)nc1.CCOC(=O)CNC(=O)NCc1ccc(O)c(OC)c1. The molecule has 7 amide bonds. The molecule has 23 heteroatoms. The van der Waals surface area contributed by atoms with E-state index in [-0.39, 0.29) is 63.6 Å². The summed E-state index contributed by atoms with van der Waals surface area (Å²) in [6.07, 6.45) is 5.43. The number of pyridine rings is 2. The fourth-order valence-corrected chi connectivity index (χ4v) is 5.35. The summed E-state index contributed by atoms with van der Waals surface area (Å²) in [5.41, 5.74) is 13.3. The number of amides is 7. The van der Waals surface area contributed by atoms with Crippen molar-refractivity contribution in [3.8, 4) is 11.5 Å². The van der Waals surface area contributed by atoms with Crippen molar-refractivity contribution in [1.29, 1.82) is 0 Å². The van der Waals surface area contributed by atoms with E-state index in [1.807, 2.05) is 0 Å². The number of ether oxygens (including phenoxy) is 4. The molecule has 1 aromatic carbocycles. The van der Waals surface area contributed by atoms with Crippen LogP contribution in [-0.4, -0.2) is 121 Å². The summed E-state index contributed by atoms with van der Waals surface area (Å²) in [7, 11) is 1.44. The number of aromatic hydroxyl groups is 1. The summed E-state index contributed by atoms with van der Waals surface area (Å²) in [5.74, 6) is -0.463. The Hall–Kier alpha value is -7.59. The summed E-state index contributed by atoms with van der Waals surface area (Å²) in [4.78, 5) is 90.3. The van der Waals surface area contributed by atoms with Gasteiger partial charge >= 0.3 is 36.0 Å². The first kappa shape index (κ1) is 52.5. The van der Waals surface area contributed by atoms with Gasteiger partial charge in [0.2, 0.25) is 5.91 Å². The molecule has 1 aliphatic heterocycles. The van der Waals surface area contributed by atoms with Crippen LogP contribution in [0.2, 0.25) is 0 Å². The van der Waals surface area contributed by atoms with Crippen LogP contribution >= 0.6 is 0 Å². The highest BCUT2D eigenvalue weighted by molar-refractivity contribution is 5.88. The topological polar surface area (TPSA) is 330 Å². The Morgan fingerprint density at radius 1 is 0.656 bits per heavy atom. The molecule has 1 aliphatic rings. The van der Waals surface area contributed by atoms with Crippen molar-refractivity contribution < 1.29 is 57.6 Å². The summed E-state index contributed by atoms with van der Waals surface area (Å²) >= 11 is 0. The van der Waals surface area contributed by atoms with Crippen molar-refractivity contribution in [2.45, 2.75) is 65.7 Å². The Balaban J connectivity index is 0.000000337. The van der Waals surface area contributed by atoms with E-state index in [1.165, 1.54) is 18.1 Å². The molecule has 0 spiro atoms. The van der Waals surface area contributed by atoms with Gasteiger partial charge in [0.1, 0.15) is 30.8 Å². The average molecular weight is 898 g/mol. The lowest BCUT2D eigenvalue weighted by Gasteiger charge is -2.34. The third-order valence-electron chi connectivity index (χ3n) is 8.48. The molecule has 1 saturated heterocycles. The van der Waals surface area contributed by atoms with E-state index in [4.69, 9.17) is 20.9 Å². The van der Waals surface area contributed by atoms with E-state index in [0.29, 0.717) is 43.5 Å². The largest absolute Gasteiger partial charge is 0.504 e. The quantitative estimate of drug-likeness (QED) is 0.0679. The minimum Gasteiger partial charge on any atom is -0.504 e. The van der Waals surface area contributed by atoms with E-state index < -0.39 is 36.1 Å². The van der Waals surface area contributed by atoms with Crippen molar-refractivity contribution >= 4 is 53.5 Å². The zero-order valence-electron chi connectivity index (χ0n) is 36.4. The van der Waals surface area contributed by atoms with Crippen molar-refractivity contribution in [2.75, 3.05) is 64.6 Å². The lowest BCUT2D eigenvalue weighted by atomic mass is 10.0. The van der Waals surface area contributed by atoms with Crippen LogP contribution in [0.5, 0.6) is 11.5 Å². The van der Waals surface area contributed by atoms with Crippen molar-refractivity contribution in [3.63, 3.8) is 0 Å². The molecule has 23 nitrogen and oxygen atoms in total. The number of methoxy groups -OCH3 is 1. The predicted octanol–water partition coefficient (Wildman–Crippen LogP) is 1.20. The van der Waals surface area contributed by atoms with E-state index in [2.05, 4.69) is 51.3 Å². The Morgan fingerprint density at radius 3 is 1.58 bits per heavy atom. The molecule has 0 bridgehead atoms. The number of esters is 3. The van der Waals surface area contributed by atoms with E-state index in [9.17, 15) is 38.7 Å². The number of benzene rings is 1. The van der Waals surface area contributed by atoms with Gasteiger partial charge in [-0.25, -0.2) is 29.1 Å². The molecule has 4 rings (SSSR count). The second-order valence-electron chi connectivity index (χ2n) is 13.3. The standard InChI is InChI=1S/C17H25N5O4.C13H18N2O5.C11H16N4O3/c1-2-26-16(24)13-5-3-4-8-22(13)15(23)11-21-17(25)20-10-12-6-7-14(18)19-9-12;1-3-20-12(17)8-15-13(18)14-7-9-4-5-10(16)11(6-9)19-2;1-2-18-10(16)7-15-11(17)14-6-8-3-4-9(12)13-5-8/h6-7,9,13H,2-5,8,10-11H2,1H3,(H2,18,19)(H2,20,21,25);4-6,16H,3,7-8H2,1-2H3,(H2,14,15,18);3-5H,2,6-7H2,1H3,(H2,12,13)(H2,14,15,17). The third-order valence-corrected chi connectivity index (χ3v) is 8.48. The highest BCUT2D eigenvalue weighted by Gasteiger charge is 2.33. The lowest BCUT2D eigenvalue weighted by Crippen LogP contribution is -2.52. The minimum atomic E-state index is -0.568. The highest BCUT2D eigenvalue weighted by atomic mass is 16.5. The smallest absolute Gasteiger partial charge is 0.328 e. The van der Waals surface area contributed by atoms with Crippen molar-refractivity contribution in [2.24, 2.45) is 0 Å². The van der Waals surface area contributed by atoms with E-state index in [1.54, 1.807) is 69.6 Å². The number of anilines is 2. The lowest BCUT2D eigenvalue weighted by molar-refractivity contribution is -0.156. The molecule has 11 N–H and O–H groups in total. The molecule has 1 atom stereocenters. The molecule has 3 aromatic rings. The highest BCUT2D eigenvalue weighted by Crippen LogP contribution is 2.26. The molecule has 2 aromatic heterocycles.